The molecule has 0 aliphatic carbocycles. The molecule has 0 amide bonds. The standard InChI is InChI=1S/C12H12BrFN4O/c1-7-15-11(17-12(16-7)19-3)18(2)10-5-4-8(13)6-9(10)14/h4-6H,1-3H3. The van der Waals surface area contributed by atoms with Gasteiger partial charge >= 0.3 is 6.01 Å². The summed E-state index contributed by atoms with van der Waals surface area (Å²) in [6.45, 7) is 1.72. The molecule has 0 fully saturated rings. The fraction of sp³-hybridized carbons (Fsp3) is 0.250. The molecule has 0 unspecified atom stereocenters. The molecule has 1 aromatic heterocycles. The SMILES string of the molecule is COc1nc(C)nc(N(C)c2ccc(Br)cc2F)n1. The smallest absolute Gasteiger partial charge is 0.321 e. The van der Waals surface area contributed by atoms with Crippen LogP contribution in [0.25, 0.3) is 0 Å². The molecule has 0 bridgehead atoms. The lowest BCUT2D eigenvalue weighted by atomic mass is 10.3. The fourth-order valence-electron chi connectivity index (χ4n) is 1.55. The van der Waals surface area contributed by atoms with Gasteiger partial charge in [-0.3, -0.25) is 0 Å². The predicted molar refractivity (Wildman–Crippen MR) is 73.3 cm³/mol. The summed E-state index contributed by atoms with van der Waals surface area (Å²) < 4.78 is 19.5. The molecule has 0 spiro atoms. The van der Waals surface area contributed by atoms with Crippen molar-refractivity contribution in [3.8, 4) is 6.01 Å². The monoisotopic (exact) mass is 326 g/mol. The lowest BCUT2D eigenvalue weighted by Gasteiger charge is -2.18. The second-order valence-electron chi connectivity index (χ2n) is 3.82. The van der Waals surface area contributed by atoms with E-state index in [1.54, 1.807) is 31.0 Å². The summed E-state index contributed by atoms with van der Waals surface area (Å²) in [7, 11) is 3.15. The van der Waals surface area contributed by atoms with Gasteiger partial charge in [0.1, 0.15) is 11.6 Å². The van der Waals surface area contributed by atoms with E-state index in [0.29, 0.717) is 21.9 Å². The molecule has 100 valence electrons. The molecular formula is C12H12BrFN4O. The Morgan fingerprint density at radius 1 is 1.26 bits per heavy atom. The molecule has 0 N–H and O–H groups in total. The third-order valence-corrected chi connectivity index (χ3v) is 2.96. The molecule has 2 aromatic rings. The molecule has 0 aliphatic heterocycles. The number of benzene rings is 1. The molecule has 19 heavy (non-hydrogen) atoms. The maximum Gasteiger partial charge on any atom is 0.321 e. The molecule has 1 heterocycles. The van der Waals surface area contributed by atoms with Crippen LogP contribution in [0.15, 0.2) is 22.7 Å². The van der Waals surface area contributed by atoms with Crippen LogP contribution in [0.2, 0.25) is 0 Å². The number of aryl methyl sites for hydroxylation is 1. The lowest BCUT2D eigenvalue weighted by molar-refractivity contribution is 0.377. The zero-order chi connectivity index (χ0) is 14.0. The second-order valence-corrected chi connectivity index (χ2v) is 4.74. The number of ether oxygens (including phenoxy) is 1. The van der Waals surface area contributed by atoms with Crippen molar-refractivity contribution in [1.82, 2.24) is 15.0 Å². The minimum atomic E-state index is -0.367. The first kappa shape index (κ1) is 13.7. The third-order valence-electron chi connectivity index (χ3n) is 2.47. The van der Waals surface area contributed by atoms with E-state index in [9.17, 15) is 4.39 Å². The molecule has 0 atom stereocenters. The summed E-state index contributed by atoms with van der Waals surface area (Å²) in [5.41, 5.74) is 0.371. The highest BCUT2D eigenvalue weighted by Gasteiger charge is 2.14. The molecule has 7 heteroatoms. The molecular weight excluding hydrogens is 315 g/mol. The van der Waals surface area contributed by atoms with Crippen LogP contribution in [-0.4, -0.2) is 29.1 Å². The number of halogens is 2. The Morgan fingerprint density at radius 2 is 2.00 bits per heavy atom. The van der Waals surface area contributed by atoms with Crippen LogP contribution >= 0.6 is 15.9 Å². The number of anilines is 2. The third kappa shape index (κ3) is 2.98. The average Bonchev–Trinajstić information content (AvgIpc) is 2.37. The summed E-state index contributed by atoms with van der Waals surface area (Å²) in [6.07, 6.45) is 0. The van der Waals surface area contributed by atoms with E-state index in [1.165, 1.54) is 13.2 Å². The van der Waals surface area contributed by atoms with E-state index >= 15 is 0 Å². The number of methoxy groups -OCH3 is 1. The van der Waals surface area contributed by atoms with Crippen molar-refractivity contribution in [3.05, 3.63) is 34.3 Å². The average molecular weight is 327 g/mol. The van der Waals surface area contributed by atoms with Crippen molar-refractivity contribution in [2.24, 2.45) is 0 Å². The topological polar surface area (TPSA) is 51.1 Å². The van der Waals surface area contributed by atoms with Gasteiger partial charge in [-0.2, -0.15) is 15.0 Å². The second kappa shape index (κ2) is 5.48. The van der Waals surface area contributed by atoms with Crippen LogP contribution in [0.4, 0.5) is 16.0 Å². The van der Waals surface area contributed by atoms with E-state index in [1.807, 2.05) is 0 Å². The Bertz CT molecular complexity index is 608. The van der Waals surface area contributed by atoms with Gasteiger partial charge in [0.15, 0.2) is 0 Å². The summed E-state index contributed by atoms with van der Waals surface area (Å²) in [4.78, 5) is 13.8. The summed E-state index contributed by atoms with van der Waals surface area (Å²) >= 11 is 3.22. The fourth-order valence-corrected chi connectivity index (χ4v) is 1.88. The molecule has 0 radical (unpaired) electrons. The quantitative estimate of drug-likeness (QED) is 0.868. The number of nitrogens with zero attached hydrogens (tertiary/aromatic N) is 4. The number of aromatic nitrogens is 3. The molecule has 5 nitrogen and oxygen atoms in total. The number of hydrogen-bond acceptors (Lipinski definition) is 5. The van der Waals surface area contributed by atoms with E-state index in [2.05, 4.69) is 30.9 Å². The Labute approximate surface area is 118 Å². The summed E-state index contributed by atoms with van der Waals surface area (Å²) in [5, 5.41) is 0. The van der Waals surface area contributed by atoms with Crippen molar-refractivity contribution in [1.29, 1.82) is 0 Å². The van der Waals surface area contributed by atoms with Crippen molar-refractivity contribution in [2.45, 2.75) is 6.92 Å². The van der Waals surface area contributed by atoms with Crippen LogP contribution < -0.4 is 9.64 Å². The molecule has 1 aromatic carbocycles. The van der Waals surface area contributed by atoms with Crippen LogP contribution in [0.3, 0.4) is 0 Å². The van der Waals surface area contributed by atoms with Gasteiger partial charge in [-0.1, -0.05) is 15.9 Å². The molecule has 0 aliphatic rings. The van der Waals surface area contributed by atoms with Crippen LogP contribution in [0.5, 0.6) is 6.01 Å². The Morgan fingerprint density at radius 3 is 2.63 bits per heavy atom. The van der Waals surface area contributed by atoms with E-state index in [-0.39, 0.29) is 11.8 Å². The van der Waals surface area contributed by atoms with Gasteiger partial charge in [0, 0.05) is 11.5 Å². The first-order valence-corrected chi connectivity index (χ1v) is 6.26. The molecule has 2 rings (SSSR count). The predicted octanol–water partition coefficient (Wildman–Crippen LogP) is 2.86. The van der Waals surface area contributed by atoms with Crippen molar-refractivity contribution >= 4 is 27.6 Å². The maximum absolute atomic E-state index is 13.9. The Kier molecular flexibility index (Phi) is 3.94. The van der Waals surface area contributed by atoms with E-state index in [0.717, 1.165) is 0 Å². The van der Waals surface area contributed by atoms with Crippen molar-refractivity contribution in [2.75, 3.05) is 19.1 Å². The van der Waals surface area contributed by atoms with Crippen molar-refractivity contribution in [3.63, 3.8) is 0 Å². The minimum Gasteiger partial charge on any atom is -0.467 e. The molecule has 0 saturated carbocycles. The zero-order valence-electron chi connectivity index (χ0n) is 10.7. The minimum absolute atomic E-state index is 0.201. The highest BCUT2D eigenvalue weighted by atomic mass is 79.9. The number of hydrogen-bond donors (Lipinski definition) is 0. The number of rotatable bonds is 3. The van der Waals surface area contributed by atoms with Crippen LogP contribution in [-0.2, 0) is 0 Å². The highest BCUT2D eigenvalue weighted by Crippen LogP contribution is 2.26. The van der Waals surface area contributed by atoms with E-state index < -0.39 is 0 Å². The van der Waals surface area contributed by atoms with Gasteiger partial charge < -0.3 is 9.64 Å². The largest absolute Gasteiger partial charge is 0.467 e. The zero-order valence-corrected chi connectivity index (χ0v) is 12.3. The van der Waals surface area contributed by atoms with Crippen molar-refractivity contribution < 1.29 is 9.13 Å². The van der Waals surface area contributed by atoms with Gasteiger partial charge in [-0.05, 0) is 25.1 Å². The molecule has 0 saturated heterocycles. The Hall–Kier alpha value is -1.76. The van der Waals surface area contributed by atoms with E-state index in [4.69, 9.17) is 4.74 Å². The van der Waals surface area contributed by atoms with Gasteiger partial charge in [0.25, 0.3) is 0 Å². The summed E-state index contributed by atoms with van der Waals surface area (Å²) in [6, 6.07) is 4.98. The Balaban J connectivity index is 2.43. The first-order chi connectivity index (χ1) is 9.01. The van der Waals surface area contributed by atoms with Gasteiger partial charge in [-0.15, -0.1) is 0 Å². The normalized spacial score (nSPS) is 10.4. The van der Waals surface area contributed by atoms with Gasteiger partial charge in [0.2, 0.25) is 5.95 Å². The van der Waals surface area contributed by atoms with Gasteiger partial charge in [0.05, 0.1) is 12.8 Å². The lowest BCUT2D eigenvalue weighted by Crippen LogP contribution is -2.16. The maximum atomic E-state index is 13.9. The summed E-state index contributed by atoms with van der Waals surface area (Å²) in [5.74, 6) is 0.464. The first-order valence-electron chi connectivity index (χ1n) is 5.46. The van der Waals surface area contributed by atoms with Gasteiger partial charge in [-0.25, -0.2) is 4.39 Å². The van der Waals surface area contributed by atoms with Crippen LogP contribution in [0, 0.1) is 12.7 Å². The van der Waals surface area contributed by atoms with Crippen LogP contribution in [0.1, 0.15) is 5.82 Å². The highest BCUT2D eigenvalue weighted by molar-refractivity contribution is 9.10.